The summed E-state index contributed by atoms with van der Waals surface area (Å²) in [4.78, 5) is 15.6. The van der Waals surface area contributed by atoms with Crippen LogP contribution in [-0.2, 0) is 9.53 Å². The third kappa shape index (κ3) is 3.67. The second-order valence-corrected chi connectivity index (χ2v) is 4.79. The van der Waals surface area contributed by atoms with E-state index in [1.165, 1.54) is 0 Å². The third-order valence-corrected chi connectivity index (χ3v) is 3.37. The predicted molar refractivity (Wildman–Crippen MR) is 76.2 cm³/mol. The van der Waals surface area contributed by atoms with Gasteiger partial charge in [-0.3, -0.25) is 9.78 Å². The number of benzene rings is 1. The smallest absolute Gasteiger partial charge is 0.305 e. The number of carbonyl (C=O) groups excluding carboxylic acids is 1. The summed E-state index contributed by atoms with van der Waals surface area (Å²) in [6.45, 7) is 2.21. The first-order valence-electron chi connectivity index (χ1n) is 6.35. The molecule has 1 atom stereocenters. The number of esters is 1. The van der Waals surface area contributed by atoms with E-state index in [1.54, 1.807) is 13.1 Å². The topological polar surface area (TPSA) is 39.2 Å². The van der Waals surface area contributed by atoms with Crippen LogP contribution in [0.1, 0.15) is 30.7 Å². The summed E-state index contributed by atoms with van der Waals surface area (Å²) >= 11 is 6.32. The standard InChI is InChI=1S/C15H16ClNO2/c1-2-19-15(18)8-6-13(16)11-5-7-14-12(10-11)4-3-9-17-14/h3-5,7,9-10,13H,2,6,8H2,1H3. The van der Waals surface area contributed by atoms with Crippen LogP contribution in [-0.4, -0.2) is 17.6 Å². The molecule has 0 saturated carbocycles. The summed E-state index contributed by atoms with van der Waals surface area (Å²) in [6.07, 6.45) is 2.68. The predicted octanol–water partition coefficient (Wildman–Crippen LogP) is 3.86. The quantitative estimate of drug-likeness (QED) is 0.615. The van der Waals surface area contributed by atoms with E-state index in [0.29, 0.717) is 19.4 Å². The van der Waals surface area contributed by atoms with Crippen LogP contribution in [0.5, 0.6) is 0 Å². The Morgan fingerprint density at radius 1 is 1.42 bits per heavy atom. The Morgan fingerprint density at radius 3 is 3.05 bits per heavy atom. The number of pyridine rings is 1. The van der Waals surface area contributed by atoms with Crippen LogP contribution in [0.25, 0.3) is 10.9 Å². The first-order chi connectivity index (χ1) is 9.20. The van der Waals surface area contributed by atoms with Gasteiger partial charge in [0.1, 0.15) is 0 Å². The average Bonchev–Trinajstić information content (AvgIpc) is 2.44. The molecule has 1 unspecified atom stereocenters. The van der Waals surface area contributed by atoms with Crippen molar-refractivity contribution in [1.82, 2.24) is 4.98 Å². The monoisotopic (exact) mass is 277 g/mol. The number of rotatable bonds is 5. The molecule has 0 radical (unpaired) electrons. The van der Waals surface area contributed by atoms with Gasteiger partial charge in [0.25, 0.3) is 0 Å². The van der Waals surface area contributed by atoms with Crippen molar-refractivity contribution in [3.8, 4) is 0 Å². The number of hydrogen-bond donors (Lipinski definition) is 0. The number of fused-ring (bicyclic) bond motifs is 1. The molecular weight excluding hydrogens is 262 g/mol. The van der Waals surface area contributed by atoms with Crippen LogP contribution in [0, 0.1) is 0 Å². The van der Waals surface area contributed by atoms with E-state index in [2.05, 4.69) is 4.98 Å². The van der Waals surface area contributed by atoms with E-state index < -0.39 is 0 Å². The zero-order chi connectivity index (χ0) is 13.7. The summed E-state index contributed by atoms with van der Waals surface area (Å²) in [6, 6.07) is 9.82. The minimum absolute atomic E-state index is 0.186. The maximum absolute atomic E-state index is 11.3. The molecule has 1 aromatic heterocycles. The minimum atomic E-state index is -0.199. The summed E-state index contributed by atoms with van der Waals surface area (Å²) in [7, 11) is 0. The van der Waals surface area contributed by atoms with Crippen molar-refractivity contribution < 1.29 is 9.53 Å². The molecule has 0 spiro atoms. The number of hydrogen-bond acceptors (Lipinski definition) is 3. The van der Waals surface area contributed by atoms with Crippen LogP contribution in [0.3, 0.4) is 0 Å². The molecule has 2 rings (SSSR count). The molecule has 0 aliphatic rings. The van der Waals surface area contributed by atoms with Gasteiger partial charge >= 0.3 is 5.97 Å². The van der Waals surface area contributed by atoms with Crippen LogP contribution < -0.4 is 0 Å². The molecule has 0 N–H and O–H groups in total. The van der Waals surface area contributed by atoms with Crippen molar-refractivity contribution in [3.05, 3.63) is 42.1 Å². The Hall–Kier alpha value is -1.61. The Balaban J connectivity index is 2.04. The molecular formula is C15H16ClNO2. The lowest BCUT2D eigenvalue weighted by molar-refractivity contribution is -0.143. The van der Waals surface area contributed by atoms with E-state index in [4.69, 9.17) is 16.3 Å². The number of nitrogens with zero attached hydrogens (tertiary/aromatic N) is 1. The third-order valence-electron chi connectivity index (χ3n) is 2.90. The van der Waals surface area contributed by atoms with Gasteiger partial charge < -0.3 is 4.74 Å². The molecule has 100 valence electrons. The molecule has 1 aromatic carbocycles. The van der Waals surface area contributed by atoms with E-state index in [0.717, 1.165) is 16.5 Å². The number of ether oxygens (including phenoxy) is 1. The van der Waals surface area contributed by atoms with Gasteiger partial charge in [-0.15, -0.1) is 11.6 Å². The summed E-state index contributed by atoms with van der Waals surface area (Å²) in [5.74, 6) is -0.199. The van der Waals surface area contributed by atoms with Gasteiger partial charge in [0.05, 0.1) is 17.5 Å². The fraction of sp³-hybridized carbons (Fsp3) is 0.333. The normalized spacial score (nSPS) is 12.3. The average molecular weight is 278 g/mol. The maximum Gasteiger partial charge on any atom is 0.305 e. The minimum Gasteiger partial charge on any atom is -0.466 e. The molecule has 19 heavy (non-hydrogen) atoms. The highest BCUT2D eigenvalue weighted by atomic mass is 35.5. The largest absolute Gasteiger partial charge is 0.466 e. The van der Waals surface area contributed by atoms with E-state index in [-0.39, 0.29) is 11.3 Å². The molecule has 0 fully saturated rings. The van der Waals surface area contributed by atoms with Gasteiger partial charge in [0.2, 0.25) is 0 Å². The number of carbonyl (C=O) groups is 1. The summed E-state index contributed by atoms with van der Waals surface area (Å²) in [5, 5.41) is 0.871. The van der Waals surface area contributed by atoms with E-state index in [1.807, 2.05) is 30.3 Å². The van der Waals surface area contributed by atoms with Crippen molar-refractivity contribution in [2.24, 2.45) is 0 Å². The van der Waals surface area contributed by atoms with Gasteiger partial charge in [-0.05, 0) is 37.1 Å². The van der Waals surface area contributed by atoms with Crippen molar-refractivity contribution >= 4 is 28.5 Å². The molecule has 3 nitrogen and oxygen atoms in total. The second-order valence-electron chi connectivity index (χ2n) is 4.27. The maximum atomic E-state index is 11.3. The van der Waals surface area contributed by atoms with Gasteiger partial charge in [0, 0.05) is 18.0 Å². The fourth-order valence-electron chi connectivity index (χ4n) is 1.93. The lowest BCUT2D eigenvalue weighted by Gasteiger charge is -2.10. The van der Waals surface area contributed by atoms with Gasteiger partial charge in [-0.2, -0.15) is 0 Å². The van der Waals surface area contributed by atoms with Crippen LogP contribution in [0.4, 0.5) is 0 Å². The summed E-state index contributed by atoms with van der Waals surface area (Å²) in [5.41, 5.74) is 1.95. The zero-order valence-corrected chi connectivity index (χ0v) is 11.6. The Labute approximate surface area is 117 Å². The van der Waals surface area contributed by atoms with Gasteiger partial charge in [-0.1, -0.05) is 12.1 Å². The second kappa shape index (κ2) is 6.53. The van der Waals surface area contributed by atoms with E-state index in [9.17, 15) is 4.79 Å². The van der Waals surface area contributed by atoms with E-state index >= 15 is 0 Å². The fourth-order valence-corrected chi connectivity index (χ4v) is 2.18. The molecule has 0 bridgehead atoms. The Morgan fingerprint density at radius 2 is 2.26 bits per heavy atom. The lowest BCUT2D eigenvalue weighted by atomic mass is 10.0. The number of alkyl halides is 1. The summed E-state index contributed by atoms with van der Waals surface area (Å²) < 4.78 is 4.89. The molecule has 0 saturated heterocycles. The Kier molecular flexibility index (Phi) is 4.74. The van der Waals surface area contributed by atoms with Crippen LogP contribution in [0.2, 0.25) is 0 Å². The molecule has 0 amide bonds. The first kappa shape index (κ1) is 13.8. The molecule has 4 heteroatoms. The highest BCUT2D eigenvalue weighted by molar-refractivity contribution is 6.21. The lowest BCUT2D eigenvalue weighted by Crippen LogP contribution is -2.05. The molecule has 2 aromatic rings. The number of aromatic nitrogens is 1. The van der Waals surface area contributed by atoms with Crippen molar-refractivity contribution in [2.45, 2.75) is 25.1 Å². The molecule has 0 aliphatic carbocycles. The highest BCUT2D eigenvalue weighted by Gasteiger charge is 2.11. The van der Waals surface area contributed by atoms with Gasteiger partial charge in [-0.25, -0.2) is 0 Å². The number of halogens is 1. The molecule has 0 aliphatic heterocycles. The zero-order valence-electron chi connectivity index (χ0n) is 10.8. The SMILES string of the molecule is CCOC(=O)CCC(Cl)c1ccc2ncccc2c1. The molecule has 1 heterocycles. The Bertz CT molecular complexity index is 571. The van der Waals surface area contributed by atoms with Crippen LogP contribution >= 0.6 is 11.6 Å². The first-order valence-corrected chi connectivity index (χ1v) is 6.78. The van der Waals surface area contributed by atoms with Crippen LogP contribution in [0.15, 0.2) is 36.5 Å². The van der Waals surface area contributed by atoms with Gasteiger partial charge in [0.15, 0.2) is 0 Å². The van der Waals surface area contributed by atoms with Crippen molar-refractivity contribution in [2.75, 3.05) is 6.61 Å². The van der Waals surface area contributed by atoms with Crippen molar-refractivity contribution in [1.29, 1.82) is 0 Å². The highest BCUT2D eigenvalue weighted by Crippen LogP contribution is 2.28. The van der Waals surface area contributed by atoms with Crippen molar-refractivity contribution in [3.63, 3.8) is 0 Å².